The molecule has 0 aliphatic heterocycles. The molecule has 9 heteroatoms. The Morgan fingerprint density at radius 1 is 1.33 bits per heavy atom. The molecule has 0 bridgehead atoms. The van der Waals surface area contributed by atoms with Crippen LogP contribution in [0.15, 0.2) is 30.6 Å². The predicted molar refractivity (Wildman–Crippen MR) is 65.3 cm³/mol. The first-order chi connectivity index (χ1) is 9.85. The number of carbonyl (C=O) groups is 1. The van der Waals surface area contributed by atoms with Crippen LogP contribution >= 0.6 is 0 Å². The zero-order valence-corrected chi connectivity index (χ0v) is 10.9. The summed E-state index contributed by atoms with van der Waals surface area (Å²) in [6, 6.07) is 4.70. The number of nitrogens with zero attached hydrogens (tertiary/aromatic N) is 3. The van der Waals surface area contributed by atoms with Crippen LogP contribution in [0.5, 0.6) is 5.75 Å². The molecule has 1 heterocycles. The number of amides is 1. The smallest absolute Gasteiger partial charge is 0.406 e. The number of benzene rings is 1. The highest BCUT2D eigenvalue weighted by atomic mass is 19.4. The molecule has 1 aromatic heterocycles. The molecule has 0 saturated heterocycles. The molecule has 0 radical (unpaired) electrons. The fraction of sp³-hybridized carbons (Fsp3) is 0.250. The summed E-state index contributed by atoms with van der Waals surface area (Å²) in [4.78, 5) is 17.3. The first-order valence-corrected chi connectivity index (χ1v) is 5.80. The van der Waals surface area contributed by atoms with E-state index in [-0.39, 0.29) is 23.8 Å². The Labute approximate surface area is 117 Å². The summed E-state index contributed by atoms with van der Waals surface area (Å²) in [5.41, 5.74) is 0.242. The highest BCUT2D eigenvalue weighted by molar-refractivity contribution is 5.94. The molecule has 1 aromatic carbocycles. The van der Waals surface area contributed by atoms with Gasteiger partial charge in [-0.15, -0.1) is 13.2 Å². The van der Waals surface area contributed by atoms with Crippen LogP contribution in [0.25, 0.3) is 0 Å². The summed E-state index contributed by atoms with van der Waals surface area (Å²) in [6.07, 6.45) is -3.44. The van der Waals surface area contributed by atoms with E-state index in [1.165, 1.54) is 23.4 Å². The normalized spacial score (nSPS) is 11.2. The average Bonchev–Trinajstić information content (AvgIpc) is 2.90. The minimum absolute atomic E-state index is 0.208. The lowest BCUT2D eigenvalue weighted by atomic mass is 10.2. The Kier molecular flexibility index (Phi) is 4.10. The number of hydrogen-bond acceptors (Lipinski definition) is 4. The SMILES string of the molecule is CN(Cc1ncn[nH]1)C(=O)c1ccc(OC(F)(F)F)cc1. The fourth-order valence-electron chi connectivity index (χ4n) is 1.62. The van der Waals surface area contributed by atoms with Gasteiger partial charge in [-0.1, -0.05) is 0 Å². The van der Waals surface area contributed by atoms with Gasteiger partial charge in [0.25, 0.3) is 5.91 Å². The fourth-order valence-corrected chi connectivity index (χ4v) is 1.62. The van der Waals surface area contributed by atoms with Crippen molar-refractivity contribution in [2.24, 2.45) is 0 Å². The third-order valence-electron chi connectivity index (χ3n) is 2.53. The average molecular weight is 300 g/mol. The molecule has 6 nitrogen and oxygen atoms in total. The molecule has 0 atom stereocenters. The maximum absolute atomic E-state index is 12.1. The minimum atomic E-state index is -4.76. The Hall–Kier alpha value is -2.58. The van der Waals surface area contributed by atoms with Crippen LogP contribution in [-0.2, 0) is 6.54 Å². The standard InChI is InChI=1S/C12H11F3N4O2/c1-19(6-10-16-7-17-18-10)11(20)8-2-4-9(5-3-8)21-12(13,14)15/h2-5,7H,6H2,1H3,(H,16,17,18). The van der Waals surface area contributed by atoms with Crippen LogP contribution < -0.4 is 4.74 Å². The molecule has 1 N–H and O–H groups in total. The monoisotopic (exact) mass is 300 g/mol. The van der Waals surface area contributed by atoms with Crippen LogP contribution in [0.3, 0.4) is 0 Å². The molecular weight excluding hydrogens is 289 g/mol. The Balaban J connectivity index is 2.02. The summed E-state index contributed by atoms with van der Waals surface area (Å²) >= 11 is 0. The summed E-state index contributed by atoms with van der Waals surface area (Å²) < 4.78 is 39.8. The quantitative estimate of drug-likeness (QED) is 0.937. The van der Waals surface area contributed by atoms with E-state index in [1.807, 2.05) is 0 Å². The molecule has 21 heavy (non-hydrogen) atoms. The van der Waals surface area contributed by atoms with Gasteiger partial charge in [-0.05, 0) is 24.3 Å². The number of aromatic nitrogens is 3. The Morgan fingerprint density at radius 2 is 2.00 bits per heavy atom. The topological polar surface area (TPSA) is 71.1 Å². The van der Waals surface area contributed by atoms with Crippen molar-refractivity contribution >= 4 is 5.91 Å². The van der Waals surface area contributed by atoms with Gasteiger partial charge in [0.2, 0.25) is 0 Å². The third kappa shape index (κ3) is 4.20. The van der Waals surface area contributed by atoms with Gasteiger partial charge in [0.1, 0.15) is 17.9 Å². The first kappa shape index (κ1) is 14.8. The van der Waals surface area contributed by atoms with Gasteiger partial charge in [-0.2, -0.15) is 5.10 Å². The van der Waals surface area contributed by atoms with Crippen LogP contribution in [0.1, 0.15) is 16.2 Å². The molecule has 0 unspecified atom stereocenters. The van der Waals surface area contributed by atoms with E-state index in [9.17, 15) is 18.0 Å². The van der Waals surface area contributed by atoms with Crippen molar-refractivity contribution in [2.75, 3.05) is 7.05 Å². The van der Waals surface area contributed by atoms with E-state index >= 15 is 0 Å². The largest absolute Gasteiger partial charge is 0.573 e. The van der Waals surface area contributed by atoms with Crippen molar-refractivity contribution in [3.63, 3.8) is 0 Å². The van der Waals surface area contributed by atoms with Gasteiger partial charge < -0.3 is 9.64 Å². The maximum Gasteiger partial charge on any atom is 0.573 e. The lowest BCUT2D eigenvalue weighted by Crippen LogP contribution is -2.26. The summed E-state index contributed by atoms with van der Waals surface area (Å²) in [5.74, 6) is -0.232. The molecule has 0 aliphatic rings. The number of hydrogen-bond donors (Lipinski definition) is 1. The number of aromatic amines is 1. The number of halogens is 3. The second-order valence-electron chi connectivity index (χ2n) is 4.17. The van der Waals surface area contributed by atoms with Gasteiger partial charge in [0.15, 0.2) is 0 Å². The zero-order valence-electron chi connectivity index (χ0n) is 10.9. The maximum atomic E-state index is 12.1. The summed E-state index contributed by atoms with van der Waals surface area (Å²) in [5, 5.41) is 6.27. The molecule has 112 valence electrons. The second kappa shape index (κ2) is 5.81. The van der Waals surface area contributed by atoms with E-state index < -0.39 is 6.36 Å². The van der Waals surface area contributed by atoms with Gasteiger partial charge >= 0.3 is 6.36 Å². The van der Waals surface area contributed by atoms with Crippen molar-refractivity contribution < 1.29 is 22.7 Å². The lowest BCUT2D eigenvalue weighted by Gasteiger charge is -2.16. The number of carbonyl (C=O) groups excluding carboxylic acids is 1. The van der Waals surface area contributed by atoms with E-state index in [1.54, 1.807) is 7.05 Å². The minimum Gasteiger partial charge on any atom is -0.406 e. The van der Waals surface area contributed by atoms with Crippen molar-refractivity contribution in [3.8, 4) is 5.75 Å². The summed E-state index contributed by atoms with van der Waals surface area (Å²) in [6.45, 7) is 0.208. The number of nitrogens with one attached hydrogen (secondary N) is 1. The van der Waals surface area contributed by atoms with Gasteiger partial charge in [0.05, 0.1) is 6.54 Å². The van der Waals surface area contributed by atoms with Gasteiger partial charge in [-0.25, -0.2) is 4.98 Å². The summed E-state index contributed by atoms with van der Waals surface area (Å²) in [7, 11) is 1.55. The van der Waals surface area contributed by atoms with Crippen LogP contribution in [0.2, 0.25) is 0 Å². The molecule has 2 rings (SSSR count). The number of rotatable bonds is 4. The molecule has 0 fully saturated rings. The Morgan fingerprint density at radius 3 is 2.52 bits per heavy atom. The first-order valence-electron chi connectivity index (χ1n) is 5.80. The van der Waals surface area contributed by atoms with E-state index in [2.05, 4.69) is 19.9 Å². The highest BCUT2D eigenvalue weighted by Crippen LogP contribution is 2.23. The van der Waals surface area contributed by atoms with Crippen molar-refractivity contribution in [1.82, 2.24) is 20.1 Å². The molecular formula is C12H11F3N4O2. The number of ether oxygens (including phenoxy) is 1. The number of alkyl halides is 3. The molecule has 2 aromatic rings. The van der Waals surface area contributed by atoms with Crippen LogP contribution in [0.4, 0.5) is 13.2 Å². The predicted octanol–water partition coefficient (Wildman–Crippen LogP) is 1.98. The number of H-pyrrole nitrogens is 1. The molecule has 0 aliphatic carbocycles. The van der Waals surface area contributed by atoms with E-state index in [4.69, 9.17) is 0 Å². The third-order valence-corrected chi connectivity index (χ3v) is 2.53. The zero-order chi connectivity index (χ0) is 15.5. The second-order valence-corrected chi connectivity index (χ2v) is 4.17. The molecule has 0 spiro atoms. The van der Waals surface area contributed by atoms with Crippen molar-refractivity contribution in [1.29, 1.82) is 0 Å². The van der Waals surface area contributed by atoms with E-state index in [0.717, 1.165) is 12.1 Å². The molecule has 0 saturated carbocycles. The van der Waals surface area contributed by atoms with Crippen LogP contribution in [0, 0.1) is 0 Å². The van der Waals surface area contributed by atoms with Gasteiger partial charge in [-0.3, -0.25) is 9.89 Å². The van der Waals surface area contributed by atoms with E-state index in [0.29, 0.717) is 5.82 Å². The van der Waals surface area contributed by atoms with Gasteiger partial charge in [0, 0.05) is 12.6 Å². The highest BCUT2D eigenvalue weighted by Gasteiger charge is 2.31. The van der Waals surface area contributed by atoms with Crippen molar-refractivity contribution in [3.05, 3.63) is 42.0 Å². The Bertz CT molecular complexity index is 596. The molecule has 1 amide bonds. The lowest BCUT2D eigenvalue weighted by molar-refractivity contribution is -0.274. The van der Waals surface area contributed by atoms with Crippen LogP contribution in [-0.4, -0.2) is 39.4 Å². The van der Waals surface area contributed by atoms with Crippen molar-refractivity contribution in [2.45, 2.75) is 12.9 Å².